The Morgan fingerprint density at radius 1 is 0.955 bits per heavy atom. The zero-order valence-electron chi connectivity index (χ0n) is 24.0. The van der Waals surface area contributed by atoms with E-state index in [2.05, 4.69) is 10.2 Å². The van der Waals surface area contributed by atoms with Crippen LogP contribution in [0.5, 0.6) is 5.75 Å². The summed E-state index contributed by atoms with van der Waals surface area (Å²) in [7, 11) is 0. The summed E-state index contributed by atoms with van der Waals surface area (Å²) >= 11 is 12.2. The summed E-state index contributed by atoms with van der Waals surface area (Å²) in [4.78, 5) is 41.6. The molecule has 2 aromatic rings. The number of piperidine rings is 2. The van der Waals surface area contributed by atoms with Gasteiger partial charge in [-0.3, -0.25) is 19.3 Å². The molecule has 3 amide bonds. The number of hydrogen-bond acceptors (Lipinski definition) is 5. The molecular formula is C31H35Cl2F3N4O4. The third kappa shape index (κ3) is 8.17. The Kier molecular flexibility index (Phi) is 10.3. The molecule has 0 radical (unpaired) electrons. The van der Waals surface area contributed by atoms with Crippen LogP contribution in [0.3, 0.4) is 0 Å². The maximum Gasteiger partial charge on any atom is 0.471 e. The number of nitrogens with one attached hydrogen (secondary N) is 2. The molecule has 2 bridgehead atoms. The van der Waals surface area contributed by atoms with E-state index in [1.165, 1.54) is 22.6 Å². The lowest BCUT2D eigenvalue weighted by atomic mass is 9.96. The summed E-state index contributed by atoms with van der Waals surface area (Å²) in [5, 5.41) is 6.02. The van der Waals surface area contributed by atoms with Crippen LogP contribution in [-0.2, 0) is 16.1 Å². The Morgan fingerprint density at radius 2 is 1.64 bits per heavy atom. The van der Waals surface area contributed by atoms with Crippen LogP contribution >= 0.6 is 23.2 Å². The Hall–Kier alpha value is -3.02. The van der Waals surface area contributed by atoms with Gasteiger partial charge in [-0.25, -0.2) is 0 Å². The van der Waals surface area contributed by atoms with Gasteiger partial charge in [0.15, 0.2) is 6.61 Å². The minimum Gasteiger partial charge on any atom is -0.483 e. The molecule has 3 saturated heterocycles. The number of alkyl halides is 3. The fraction of sp³-hybridized carbons (Fsp3) is 0.516. The van der Waals surface area contributed by atoms with Crippen molar-refractivity contribution in [3.05, 3.63) is 63.6 Å². The normalized spacial score (nSPS) is 23.7. The summed E-state index contributed by atoms with van der Waals surface area (Å²) in [5.74, 6) is -2.83. The molecule has 44 heavy (non-hydrogen) atoms. The Bertz CT molecular complexity index is 1350. The average Bonchev–Trinajstić information content (AvgIpc) is 3.21. The highest BCUT2D eigenvalue weighted by atomic mass is 35.5. The first-order valence-corrected chi connectivity index (χ1v) is 15.6. The van der Waals surface area contributed by atoms with E-state index in [4.69, 9.17) is 27.9 Å². The highest BCUT2D eigenvalue weighted by Gasteiger charge is 2.41. The second kappa shape index (κ2) is 14.0. The van der Waals surface area contributed by atoms with E-state index >= 15 is 0 Å². The van der Waals surface area contributed by atoms with Crippen LogP contribution in [0.2, 0.25) is 10.0 Å². The number of benzene rings is 2. The number of hydrogen-bond donors (Lipinski definition) is 2. The van der Waals surface area contributed by atoms with Gasteiger partial charge in [-0.2, -0.15) is 13.2 Å². The minimum atomic E-state index is -4.96. The van der Waals surface area contributed by atoms with Gasteiger partial charge in [-0.15, -0.1) is 0 Å². The van der Waals surface area contributed by atoms with Gasteiger partial charge in [-0.1, -0.05) is 35.3 Å². The number of ether oxygens (including phenoxy) is 1. The molecule has 13 heteroatoms. The van der Waals surface area contributed by atoms with Crippen molar-refractivity contribution in [1.29, 1.82) is 0 Å². The van der Waals surface area contributed by atoms with Gasteiger partial charge in [0, 0.05) is 54.3 Å². The molecule has 0 aromatic heterocycles. The number of halogens is 5. The molecule has 0 saturated carbocycles. The highest BCUT2D eigenvalue weighted by Crippen LogP contribution is 2.37. The molecule has 3 aliphatic heterocycles. The maximum absolute atomic E-state index is 13.4. The number of carbonyl (C=O) groups excluding carboxylic acids is 3. The molecule has 3 heterocycles. The second-order valence-corrected chi connectivity index (χ2v) is 12.7. The van der Waals surface area contributed by atoms with Gasteiger partial charge >= 0.3 is 12.1 Å². The number of carbonyl (C=O) groups is 3. The first-order valence-electron chi connectivity index (χ1n) is 14.8. The zero-order valence-corrected chi connectivity index (χ0v) is 25.6. The smallest absolute Gasteiger partial charge is 0.471 e. The van der Waals surface area contributed by atoms with Crippen LogP contribution in [0, 0.1) is 5.92 Å². The average molecular weight is 656 g/mol. The van der Waals surface area contributed by atoms with E-state index in [1.807, 2.05) is 29.6 Å². The number of nitrogens with zero attached hydrogens (tertiary/aromatic N) is 2. The predicted molar refractivity (Wildman–Crippen MR) is 160 cm³/mol. The molecule has 5 rings (SSSR count). The molecule has 3 atom stereocenters. The number of rotatable bonds is 9. The third-order valence-corrected chi connectivity index (χ3v) is 9.16. The summed E-state index contributed by atoms with van der Waals surface area (Å²) < 4.78 is 43.5. The molecule has 3 fully saturated rings. The van der Waals surface area contributed by atoms with Crippen molar-refractivity contribution in [3.8, 4) is 5.75 Å². The molecule has 0 spiro atoms. The molecular weight excluding hydrogens is 620 g/mol. The second-order valence-electron chi connectivity index (χ2n) is 11.8. The Morgan fingerprint density at radius 3 is 2.32 bits per heavy atom. The van der Waals surface area contributed by atoms with Gasteiger partial charge in [0.1, 0.15) is 5.75 Å². The van der Waals surface area contributed by atoms with Gasteiger partial charge < -0.3 is 20.3 Å². The van der Waals surface area contributed by atoms with Gasteiger partial charge in [0.05, 0.1) is 5.56 Å². The number of amides is 3. The molecule has 8 nitrogen and oxygen atoms in total. The van der Waals surface area contributed by atoms with Crippen molar-refractivity contribution >= 4 is 40.9 Å². The van der Waals surface area contributed by atoms with Crippen molar-refractivity contribution in [2.45, 2.75) is 69.4 Å². The van der Waals surface area contributed by atoms with E-state index in [0.29, 0.717) is 41.5 Å². The molecule has 2 N–H and O–H groups in total. The fourth-order valence-electron chi connectivity index (χ4n) is 6.58. The van der Waals surface area contributed by atoms with E-state index in [9.17, 15) is 27.6 Å². The van der Waals surface area contributed by atoms with Crippen LogP contribution in [0.4, 0.5) is 13.2 Å². The first-order chi connectivity index (χ1) is 21.0. The summed E-state index contributed by atoms with van der Waals surface area (Å²) in [6.45, 7) is 0.942. The van der Waals surface area contributed by atoms with Crippen molar-refractivity contribution in [1.82, 2.24) is 20.4 Å². The van der Waals surface area contributed by atoms with Crippen LogP contribution < -0.4 is 15.4 Å². The zero-order chi connectivity index (χ0) is 31.4. The van der Waals surface area contributed by atoms with E-state index < -0.39 is 18.0 Å². The molecule has 1 unspecified atom stereocenters. The first kappa shape index (κ1) is 32.4. The van der Waals surface area contributed by atoms with Crippen LogP contribution in [0.15, 0.2) is 42.5 Å². The van der Waals surface area contributed by atoms with Crippen LogP contribution in [-0.4, -0.2) is 78.1 Å². The van der Waals surface area contributed by atoms with Crippen LogP contribution in [0.25, 0.3) is 0 Å². The number of fused-ring (bicyclic) bond motifs is 2. The maximum atomic E-state index is 13.4. The predicted octanol–water partition coefficient (Wildman–Crippen LogP) is 5.21. The minimum absolute atomic E-state index is 0.0273. The monoisotopic (exact) mass is 654 g/mol. The van der Waals surface area contributed by atoms with Crippen molar-refractivity contribution in [3.63, 3.8) is 0 Å². The van der Waals surface area contributed by atoms with Crippen LogP contribution in [0.1, 0.15) is 54.4 Å². The van der Waals surface area contributed by atoms with Crippen molar-refractivity contribution < 1.29 is 32.3 Å². The molecule has 2 aromatic carbocycles. The third-order valence-electron chi connectivity index (χ3n) is 8.67. The lowest BCUT2D eigenvalue weighted by Crippen LogP contribution is -2.50. The molecule has 3 aliphatic rings. The van der Waals surface area contributed by atoms with Crippen molar-refractivity contribution in [2.75, 3.05) is 26.2 Å². The van der Waals surface area contributed by atoms with Gasteiger partial charge in [-0.05, 0) is 80.3 Å². The van der Waals surface area contributed by atoms with Gasteiger partial charge in [0.25, 0.3) is 11.8 Å². The fourth-order valence-corrected chi connectivity index (χ4v) is 6.88. The lowest BCUT2D eigenvalue weighted by Gasteiger charge is -2.39. The Balaban J connectivity index is 1.13. The molecule has 0 aliphatic carbocycles. The molecule has 238 valence electrons. The summed E-state index contributed by atoms with van der Waals surface area (Å²) in [6.07, 6.45) is 0.0478. The van der Waals surface area contributed by atoms with E-state index in [0.717, 1.165) is 32.2 Å². The van der Waals surface area contributed by atoms with E-state index in [1.54, 1.807) is 6.07 Å². The van der Waals surface area contributed by atoms with E-state index in [-0.39, 0.29) is 48.9 Å². The largest absolute Gasteiger partial charge is 0.483 e. The quantitative estimate of drug-likeness (QED) is 0.387. The summed E-state index contributed by atoms with van der Waals surface area (Å²) in [6, 6.07) is 13.2. The van der Waals surface area contributed by atoms with Gasteiger partial charge in [0.2, 0.25) is 0 Å². The SMILES string of the molecule is O=C(COc1ccc(Cl)cc1C(=O)N1CCCC(CNC(=O)C(F)(F)F)C1)NC1C[C@H]2CC[C@H](C1)N2Cc1ccc(Cl)cc1. The highest BCUT2D eigenvalue weighted by molar-refractivity contribution is 6.31. The van der Waals surface area contributed by atoms with Crippen molar-refractivity contribution in [2.24, 2.45) is 5.92 Å². The standard InChI is InChI=1S/C31H35Cl2F3N4O4/c32-21-5-3-19(4-6-21)17-40-24-8-9-25(40)14-23(13-24)38-28(41)18-44-27-10-7-22(33)12-26(27)29(42)39-11-1-2-20(16-39)15-37-30(43)31(34,35)36/h3-7,10,12,20,23-25H,1-2,8-9,11,13-18H2,(H,37,43)(H,38,41)/t20?,24-,25-/m1/s1. The topological polar surface area (TPSA) is 91.0 Å². The summed E-state index contributed by atoms with van der Waals surface area (Å²) in [5.41, 5.74) is 1.38. The number of likely N-dealkylation sites (tertiary alicyclic amines) is 1. The lowest BCUT2D eigenvalue weighted by molar-refractivity contribution is -0.173. The Labute approximate surface area is 264 Å².